The van der Waals surface area contributed by atoms with Crippen LogP contribution in [0.5, 0.6) is 5.75 Å². The number of ether oxygens (including phenoxy) is 1. The number of carbonyl (C=O) groups excluding carboxylic acids is 3. The highest BCUT2D eigenvalue weighted by atomic mass is 16.5. The van der Waals surface area contributed by atoms with E-state index in [-0.39, 0.29) is 18.5 Å². The molecule has 3 rings (SSSR count). The van der Waals surface area contributed by atoms with E-state index in [0.29, 0.717) is 30.8 Å². The van der Waals surface area contributed by atoms with Crippen molar-refractivity contribution in [2.24, 2.45) is 0 Å². The average molecular weight is 403 g/mol. The van der Waals surface area contributed by atoms with Crippen LogP contribution in [0.4, 0.5) is 0 Å². The Balaban J connectivity index is 1.77. The number of fused-ring (bicyclic) bond motifs is 1. The van der Waals surface area contributed by atoms with Crippen molar-refractivity contribution in [1.82, 2.24) is 26.2 Å². The maximum atomic E-state index is 12.9. The number of likely N-dealkylation sites (N-methyl/N-ethyl adjacent to an activating group) is 1. The van der Waals surface area contributed by atoms with E-state index < -0.39 is 11.4 Å². The molecular weight excluding hydrogens is 374 g/mol. The first-order valence-electron chi connectivity index (χ1n) is 9.87. The standard InChI is InChI=1S/C20H29N5O4/c1-21-20(19(28)24-13-26,11-23-15-5-7-22-8-6-15)12-25-10-14-9-16(29-2)3-4-17(14)18(25)27/h3-4,9,13,15,21-23H,5-8,10-12H2,1-2H3,(H,24,26,28). The molecule has 9 nitrogen and oxygen atoms in total. The van der Waals surface area contributed by atoms with Gasteiger partial charge < -0.3 is 25.6 Å². The van der Waals surface area contributed by atoms with Crippen molar-refractivity contribution in [3.05, 3.63) is 29.3 Å². The minimum atomic E-state index is -1.13. The van der Waals surface area contributed by atoms with Crippen molar-refractivity contribution in [3.8, 4) is 5.75 Å². The summed E-state index contributed by atoms with van der Waals surface area (Å²) in [5, 5.41) is 12.1. The minimum Gasteiger partial charge on any atom is -0.497 e. The molecule has 0 bridgehead atoms. The quantitative estimate of drug-likeness (QED) is 0.401. The van der Waals surface area contributed by atoms with Gasteiger partial charge >= 0.3 is 0 Å². The Bertz CT molecular complexity index is 765. The molecule has 2 aliphatic heterocycles. The number of hydrogen-bond acceptors (Lipinski definition) is 7. The highest BCUT2D eigenvalue weighted by Crippen LogP contribution is 2.28. The molecule has 1 aromatic rings. The first-order chi connectivity index (χ1) is 14.0. The molecule has 1 aromatic carbocycles. The van der Waals surface area contributed by atoms with Gasteiger partial charge in [0.05, 0.1) is 7.11 Å². The first kappa shape index (κ1) is 21.2. The third-order valence-electron chi connectivity index (χ3n) is 5.79. The molecule has 0 saturated carbocycles. The van der Waals surface area contributed by atoms with Crippen LogP contribution in [0, 0.1) is 0 Å². The molecule has 3 amide bonds. The second-order valence-electron chi connectivity index (χ2n) is 7.51. The lowest BCUT2D eigenvalue weighted by Gasteiger charge is -2.37. The van der Waals surface area contributed by atoms with Gasteiger partial charge in [0.2, 0.25) is 12.3 Å². The van der Waals surface area contributed by atoms with Gasteiger partial charge in [-0.1, -0.05) is 0 Å². The number of nitrogens with zero attached hydrogens (tertiary/aromatic N) is 1. The minimum absolute atomic E-state index is 0.136. The van der Waals surface area contributed by atoms with E-state index in [1.165, 1.54) is 0 Å². The highest BCUT2D eigenvalue weighted by molar-refractivity contribution is 6.00. The van der Waals surface area contributed by atoms with Gasteiger partial charge in [-0.05, 0) is 56.7 Å². The molecule has 0 aromatic heterocycles. The lowest BCUT2D eigenvalue weighted by atomic mass is 9.95. The van der Waals surface area contributed by atoms with Crippen molar-refractivity contribution in [3.63, 3.8) is 0 Å². The van der Waals surface area contributed by atoms with Gasteiger partial charge in [-0.3, -0.25) is 19.7 Å². The van der Waals surface area contributed by atoms with Crippen LogP contribution in [0.25, 0.3) is 0 Å². The molecule has 0 spiro atoms. The summed E-state index contributed by atoms with van der Waals surface area (Å²) < 4.78 is 5.25. The van der Waals surface area contributed by atoms with Crippen molar-refractivity contribution in [2.75, 3.05) is 40.3 Å². The molecule has 4 N–H and O–H groups in total. The molecule has 2 heterocycles. The molecule has 1 fully saturated rings. The van der Waals surface area contributed by atoms with Crippen molar-refractivity contribution < 1.29 is 19.1 Å². The number of amides is 3. The van der Waals surface area contributed by atoms with Crippen LogP contribution in [-0.4, -0.2) is 75.0 Å². The Labute approximate surface area is 170 Å². The van der Waals surface area contributed by atoms with Crippen LogP contribution in [0.1, 0.15) is 28.8 Å². The largest absolute Gasteiger partial charge is 0.497 e. The number of methoxy groups -OCH3 is 1. The fourth-order valence-corrected chi connectivity index (χ4v) is 3.96. The third kappa shape index (κ3) is 4.58. The summed E-state index contributed by atoms with van der Waals surface area (Å²) in [6, 6.07) is 5.62. The monoisotopic (exact) mass is 403 g/mol. The maximum Gasteiger partial charge on any atom is 0.254 e. The van der Waals surface area contributed by atoms with E-state index in [1.807, 2.05) is 6.07 Å². The lowest BCUT2D eigenvalue weighted by Crippen LogP contribution is -2.67. The summed E-state index contributed by atoms with van der Waals surface area (Å²) in [5.74, 6) is 0.0883. The SMILES string of the molecule is CNC(CNC1CCNCC1)(CN1Cc2cc(OC)ccc2C1=O)C(=O)NC=O. The molecule has 29 heavy (non-hydrogen) atoms. The molecule has 0 radical (unpaired) electrons. The Morgan fingerprint density at radius 2 is 2.14 bits per heavy atom. The second-order valence-corrected chi connectivity index (χ2v) is 7.51. The number of hydrogen-bond donors (Lipinski definition) is 4. The Hall–Kier alpha value is -2.49. The number of piperidine rings is 1. The Kier molecular flexibility index (Phi) is 6.83. The van der Waals surface area contributed by atoms with Gasteiger partial charge in [-0.25, -0.2) is 0 Å². The van der Waals surface area contributed by atoms with Crippen LogP contribution in [0.15, 0.2) is 18.2 Å². The topological polar surface area (TPSA) is 112 Å². The van der Waals surface area contributed by atoms with E-state index in [4.69, 9.17) is 4.74 Å². The summed E-state index contributed by atoms with van der Waals surface area (Å²) in [5.41, 5.74) is 0.340. The zero-order valence-corrected chi connectivity index (χ0v) is 16.9. The van der Waals surface area contributed by atoms with Crippen LogP contribution in [0.3, 0.4) is 0 Å². The van der Waals surface area contributed by atoms with E-state index in [0.717, 1.165) is 31.5 Å². The number of carbonyl (C=O) groups is 3. The summed E-state index contributed by atoms with van der Waals surface area (Å²) in [6.45, 7) is 2.67. The number of rotatable bonds is 9. The molecule has 158 valence electrons. The van der Waals surface area contributed by atoms with Gasteiger partial charge in [0.1, 0.15) is 11.3 Å². The van der Waals surface area contributed by atoms with Gasteiger partial charge in [-0.15, -0.1) is 0 Å². The lowest BCUT2D eigenvalue weighted by molar-refractivity contribution is -0.131. The summed E-state index contributed by atoms with van der Waals surface area (Å²) >= 11 is 0. The zero-order valence-electron chi connectivity index (χ0n) is 16.9. The molecule has 9 heteroatoms. The highest BCUT2D eigenvalue weighted by Gasteiger charge is 2.42. The van der Waals surface area contributed by atoms with Crippen molar-refractivity contribution in [2.45, 2.75) is 31.0 Å². The van der Waals surface area contributed by atoms with Gasteiger partial charge in [0.25, 0.3) is 5.91 Å². The maximum absolute atomic E-state index is 12.9. The van der Waals surface area contributed by atoms with Gasteiger partial charge in [0.15, 0.2) is 0 Å². The van der Waals surface area contributed by atoms with E-state index in [1.54, 1.807) is 31.2 Å². The normalized spacial score (nSPS) is 18.8. The fourth-order valence-electron chi connectivity index (χ4n) is 3.96. The van der Waals surface area contributed by atoms with Crippen LogP contribution in [-0.2, 0) is 16.1 Å². The average Bonchev–Trinajstić information content (AvgIpc) is 3.06. The van der Waals surface area contributed by atoms with Crippen LogP contribution in [0.2, 0.25) is 0 Å². The van der Waals surface area contributed by atoms with Crippen molar-refractivity contribution in [1.29, 1.82) is 0 Å². The number of nitrogens with one attached hydrogen (secondary N) is 4. The fraction of sp³-hybridized carbons (Fsp3) is 0.550. The van der Waals surface area contributed by atoms with Gasteiger partial charge in [-0.2, -0.15) is 0 Å². The van der Waals surface area contributed by atoms with Gasteiger partial charge in [0, 0.05) is 31.2 Å². The van der Waals surface area contributed by atoms with E-state index in [9.17, 15) is 14.4 Å². The Morgan fingerprint density at radius 3 is 2.79 bits per heavy atom. The molecular formula is C20H29N5O4. The number of benzene rings is 1. The zero-order chi connectivity index (χ0) is 20.9. The smallest absolute Gasteiger partial charge is 0.254 e. The summed E-state index contributed by atoms with van der Waals surface area (Å²) in [7, 11) is 3.25. The third-order valence-corrected chi connectivity index (χ3v) is 5.79. The predicted molar refractivity (Wildman–Crippen MR) is 108 cm³/mol. The molecule has 2 aliphatic rings. The molecule has 1 saturated heterocycles. The second kappa shape index (κ2) is 9.34. The summed E-state index contributed by atoms with van der Waals surface area (Å²) in [4.78, 5) is 38.3. The molecule has 1 atom stereocenters. The first-order valence-corrected chi connectivity index (χ1v) is 9.87. The Morgan fingerprint density at radius 1 is 1.38 bits per heavy atom. The molecule has 0 aliphatic carbocycles. The van der Waals surface area contributed by atoms with Crippen molar-refractivity contribution >= 4 is 18.2 Å². The number of imide groups is 1. The van der Waals surface area contributed by atoms with E-state index in [2.05, 4.69) is 21.3 Å². The predicted octanol–water partition coefficient (Wildman–Crippen LogP) is -0.777. The van der Waals surface area contributed by atoms with E-state index >= 15 is 0 Å². The van der Waals surface area contributed by atoms with Crippen LogP contribution < -0.4 is 26.0 Å². The summed E-state index contributed by atoms with van der Waals surface area (Å²) in [6.07, 6.45) is 2.30. The molecule has 1 unspecified atom stereocenters. The van der Waals surface area contributed by atoms with Crippen LogP contribution >= 0.6 is 0 Å².